The lowest BCUT2D eigenvalue weighted by Gasteiger charge is -2.45. The Kier molecular flexibility index (Phi) is 2.87. The maximum Gasteiger partial charge on any atom is 0.255 e. The third kappa shape index (κ3) is 1.66. The van der Waals surface area contributed by atoms with Gasteiger partial charge in [-0.15, -0.1) is 0 Å². The summed E-state index contributed by atoms with van der Waals surface area (Å²) in [6.45, 7) is 2.71. The second-order valence-corrected chi connectivity index (χ2v) is 4.98. The fourth-order valence-corrected chi connectivity index (χ4v) is 2.97. The van der Waals surface area contributed by atoms with E-state index in [1.54, 1.807) is 12.3 Å². The van der Waals surface area contributed by atoms with Gasteiger partial charge in [0.2, 0.25) is 0 Å². The summed E-state index contributed by atoms with van der Waals surface area (Å²) in [5.74, 6) is 1.00. The number of furan rings is 1. The molecule has 4 unspecified atom stereocenters. The third-order valence-electron chi connectivity index (χ3n) is 4.06. The molecule has 1 aromatic rings. The van der Waals surface area contributed by atoms with E-state index in [4.69, 9.17) is 14.9 Å². The molecule has 1 amide bonds. The molecule has 0 aromatic carbocycles. The molecule has 0 bridgehead atoms. The summed E-state index contributed by atoms with van der Waals surface area (Å²) in [5.41, 5.74) is 6.66. The number of hydrogen-bond donors (Lipinski definition) is 2. The molecule has 1 aromatic heterocycles. The van der Waals surface area contributed by atoms with Crippen LogP contribution < -0.4 is 11.1 Å². The van der Waals surface area contributed by atoms with Crippen molar-refractivity contribution in [3.8, 4) is 0 Å². The minimum atomic E-state index is -0.116. The molecular formula is C13H18N2O3. The van der Waals surface area contributed by atoms with Gasteiger partial charge < -0.3 is 20.2 Å². The number of fused-ring (bicyclic) bond motifs is 1. The second kappa shape index (κ2) is 4.40. The maximum atomic E-state index is 12.1. The summed E-state index contributed by atoms with van der Waals surface area (Å²) in [5, 5.41) is 2.97. The van der Waals surface area contributed by atoms with Gasteiger partial charge in [-0.2, -0.15) is 0 Å². The smallest absolute Gasteiger partial charge is 0.255 e. The average Bonchev–Trinajstić information content (AvgIpc) is 3.01. The van der Waals surface area contributed by atoms with Gasteiger partial charge in [-0.25, -0.2) is 0 Å². The van der Waals surface area contributed by atoms with Gasteiger partial charge >= 0.3 is 0 Å². The summed E-state index contributed by atoms with van der Waals surface area (Å²) in [4.78, 5) is 12.1. The van der Waals surface area contributed by atoms with Gasteiger partial charge in [-0.3, -0.25) is 4.79 Å². The Labute approximate surface area is 106 Å². The van der Waals surface area contributed by atoms with E-state index >= 15 is 0 Å². The minimum absolute atomic E-state index is 0.0124. The molecule has 3 rings (SSSR count). The van der Waals surface area contributed by atoms with Gasteiger partial charge in [0.15, 0.2) is 0 Å². The van der Waals surface area contributed by atoms with Gasteiger partial charge in [0.1, 0.15) is 5.76 Å². The fourth-order valence-electron chi connectivity index (χ4n) is 2.97. The van der Waals surface area contributed by atoms with Gasteiger partial charge in [0.05, 0.1) is 24.0 Å². The molecular weight excluding hydrogens is 232 g/mol. The van der Waals surface area contributed by atoms with Crippen molar-refractivity contribution in [3.63, 3.8) is 0 Å². The van der Waals surface area contributed by atoms with Gasteiger partial charge in [0.25, 0.3) is 5.91 Å². The largest absolute Gasteiger partial charge is 0.469 e. The maximum absolute atomic E-state index is 12.1. The Hall–Kier alpha value is -1.33. The molecule has 98 valence electrons. The summed E-state index contributed by atoms with van der Waals surface area (Å²) in [6.07, 6.45) is 3.35. The Morgan fingerprint density at radius 2 is 2.44 bits per heavy atom. The van der Waals surface area contributed by atoms with Crippen LogP contribution in [-0.4, -0.2) is 30.7 Å². The zero-order valence-electron chi connectivity index (χ0n) is 10.4. The fraction of sp³-hybridized carbons (Fsp3) is 0.615. The SMILES string of the molecule is CCc1occc1C(=O)NC1C(N)C2CCOC21. The second-order valence-electron chi connectivity index (χ2n) is 4.98. The lowest BCUT2D eigenvalue weighted by Crippen LogP contribution is -2.68. The first-order chi connectivity index (χ1) is 8.72. The Balaban J connectivity index is 1.68. The number of carbonyl (C=O) groups excluding carboxylic acids is 1. The summed E-state index contributed by atoms with van der Waals surface area (Å²) in [7, 11) is 0. The highest BCUT2D eigenvalue weighted by atomic mass is 16.5. The summed E-state index contributed by atoms with van der Waals surface area (Å²) >= 11 is 0. The normalized spacial score (nSPS) is 33.9. The van der Waals surface area contributed by atoms with Crippen LogP contribution in [0.2, 0.25) is 0 Å². The molecule has 1 aliphatic heterocycles. The van der Waals surface area contributed by atoms with Crippen molar-refractivity contribution in [1.82, 2.24) is 5.32 Å². The standard InChI is InChI=1S/C13H18N2O3/c1-2-9-7(3-5-17-9)13(16)15-11-10(14)8-4-6-18-12(8)11/h3,5,8,10-12H,2,4,6,14H2,1H3,(H,15,16). The number of amides is 1. The topological polar surface area (TPSA) is 77.5 Å². The van der Waals surface area contributed by atoms with Crippen LogP contribution in [0.3, 0.4) is 0 Å². The molecule has 5 heteroatoms. The van der Waals surface area contributed by atoms with Gasteiger partial charge in [-0.1, -0.05) is 6.92 Å². The van der Waals surface area contributed by atoms with Crippen molar-refractivity contribution in [2.75, 3.05) is 6.61 Å². The van der Waals surface area contributed by atoms with Crippen molar-refractivity contribution in [2.45, 2.75) is 38.0 Å². The highest BCUT2D eigenvalue weighted by Gasteiger charge is 2.52. The number of nitrogens with two attached hydrogens (primary N) is 1. The average molecular weight is 250 g/mol. The number of carbonyl (C=O) groups is 1. The lowest BCUT2D eigenvalue weighted by atomic mass is 9.72. The first-order valence-electron chi connectivity index (χ1n) is 6.46. The van der Waals surface area contributed by atoms with Crippen LogP contribution in [0.1, 0.15) is 29.5 Å². The van der Waals surface area contributed by atoms with Crippen LogP contribution in [0, 0.1) is 5.92 Å². The lowest BCUT2D eigenvalue weighted by molar-refractivity contribution is -0.0161. The number of ether oxygens (including phenoxy) is 1. The van der Waals surface area contributed by atoms with E-state index in [9.17, 15) is 4.79 Å². The molecule has 2 fully saturated rings. The van der Waals surface area contributed by atoms with E-state index in [0.717, 1.165) is 13.0 Å². The predicted octanol–water partition coefficient (Wildman–Crippen LogP) is 0.686. The van der Waals surface area contributed by atoms with E-state index in [1.165, 1.54) is 0 Å². The number of hydrogen-bond acceptors (Lipinski definition) is 4. The van der Waals surface area contributed by atoms with Crippen molar-refractivity contribution in [3.05, 3.63) is 23.7 Å². The molecule has 0 spiro atoms. The monoisotopic (exact) mass is 250 g/mol. The molecule has 2 aliphatic rings. The van der Waals surface area contributed by atoms with Crippen LogP contribution in [0.4, 0.5) is 0 Å². The molecule has 3 N–H and O–H groups in total. The molecule has 0 radical (unpaired) electrons. The van der Waals surface area contributed by atoms with E-state index < -0.39 is 0 Å². The Morgan fingerprint density at radius 3 is 3.22 bits per heavy atom. The molecule has 1 aliphatic carbocycles. The van der Waals surface area contributed by atoms with E-state index in [0.29, 0.717) is 23.7 Å². The molecule has 1 saturated heterocycles. The summed E-state index contributed by atoms with van der Waals surface area (Å²) < 4.78 is 10.8. The van der Waals surface area contributed by atoms with Crippen molar-refractivity contribution in [2.24, 2.45) is 11.7 Å². The first-order valence-corrected chi connectivity index (χ1v) is 6.46. The van der Waals surface area contributed by atoms with E-state index in [2.05, 4.69) is 5.32 Å². The Morgan fingerprint density at radius 1 is 1.61 bits per heavy atom. The van der Waals surface area contributed by atoms with Crippen LogP contribution in [0.5, 0.6) is 0 Å². The molecule has 2 heterocycles. The number of rotatable bonds is 3. The van der Waals surface area contributed by atoms with Crippen LogP contribution in [-0.2, 0) is 11.2 Å². The number of aryl methyl sites for hydroxylation is 1. The zero-order chi connectivity index (χ0) is 12.7. The highest BCUT2D eigenvalue weighted by molar-refractivity contribution is 5.95. The third-order valence-corrected chi connectivity index (χ3v) is 4.06. The van der Waals surface area contributed by atoms with E-state index in [1.807, 2.05) is 6.92 Å². The first kappa shape index (κ1) is 11.7. The predicted molar refractivity (Wildman–Crippen MR) is 65.2 cm³/mol. The van der Waals surface area contributed by atoms with Gasteiger partial charge in [-0.05, 0) is 12.5 Å². The quantitative estimate of drug-likeness (QED) is 0.827. The Bertz CT molecular complexity index is 457. The molecule has 1 saturated carbocycles. The summed E-state index contributed by atoms with van der Waals surface area (Å²) in [6, 6.07) is 1.65. The minimum Gasteiger partial charge on any atom is -0.469 e. The molecule has 18 heavy (non-hydrogen) atoms. The van der Waals surface area contributed by atoms with Crippen LogP contribution in [0.15, 0.2) is 16.7 Å². The van der Waals surface area contributed by atoms with Gasteiger partial charge in [0, 0.05) is 25.0 Å². The van der Waals surface area contributed by atoms with E-state index in [-0.39, 0.29) is 24.1 Å². The van der Waals surface area contributed by atoms with Crippen molar-refractivity contribution < 1.29 is 13.9 Å². The van der Waals surface area contributed by atoms with Crippen LogP contribution in [0.25, 0.3) is 0 Å². The van der Waals surface area contributed by atoms with Crippen LogP contribution >= 0.6 is 0 Å². The molecule has 4 atom stereocenters. The van der Waals surface area contributed by atoms with Crippen molar-refractivity contribution >= 4 is 5.91 Å². The number of nitrogens with one attached hydrogen (secondary N) is 1. The molecule has 5 nitrogen and oxygen atoms in total. The zero-order valence-corrected chi connectivity index (χ0v) is 10.4. The highest BCUT2D eigenvalue weighted by Crippen LogP contribution is 2.37. The van der Waals surface area contributed by atoms with Crippen molar-refractivity contribution in [1.29, 1.82) is 0 Å².